The van der Waals surface area contributed by atoms with E-state index in [-0.39, 0.29) is 11.9 Å². The average Bonchev–Trinajstić information content (AvgIpc) is 2.84. The van der Waals surface area contributed by atoms with Gasteiger partial charge in [-0.2, -0.15) is 0 Å². The molecule has 2 aliphatic carbocycles. The number of hydrogen-bond donors (Lipinski definition) is 0. The standard InChI is InChI=1S/C15H22O2/c1-15(2)16-10-13(17-15)9-12-8-7-11-5-3-4-6-14(11)12/h7-8,13-14H,3-6,9-10H2,1-2H3/t13-,14?/m0/s1. The molecule has 1 heterocycles. The van der Waals surface area contributed by atoms with Gasteiger partial charge in [0.05, 0.1) is 12.7 Å². The molecule has 2 nitrogen and oxygen atoms in total. The summed E-state index contributed by atoms with van der Waals surface area (Å²) >= 11 is 0. The summed E-state index contributed by atoms with van der Waals surface area (Å²) in [6.45, 7) is 4.74. The molecule has 17 heavy (non-hydrogen) atoms. The molecule has 0 radical (unpaired) electrons. The molecule has 0 N–H and O–H groups in total. The van der Waals surface area contributed by atoms with Gasteiger partial charge in [-0.05, 0) is 39.5 Å². The van der Waals surface area contributed by atoms with Crippen molar-refractivity contribution in [2.75, 3.05) is 6.61 Å². The predicted octanol–water partition coefficient (Wildman–Crippen LogP) is 3.58. The molecule has 0 aromatic heterocycles. The van der Waals surface area contributed by atoms with Crippen LogP contribution in [0.5, 0.6) is 0 Å². The number of ether oxygens (including phenoxy) is 2. The van der Waals surface area contributed by atoms with E-state index in [0.717, 1.165) is 18.9 Å². The average molecular weight is 234 g/mol. The molecule has 0 aromatic carbocycles. The topological polar surface area (TPSA) is 18.5 Å². The van der Waals surface area contributed by atoms with Gasteiger partial charge in [-0.25, -0.2) is 0 Å². The predicted molar refractivity (Wildman–Crippen MR) is 67.6 cm³/mol. The van der Waals surface area contributed by atoms with Gasteiger partial charge in [0.15, 0.2) is 5.79 Å². The molecular formula is C15H22O2. The molecule has 3 rings (SSSR count). The van der Waals surface area contributed by atoms with Gasteiger partial charge in [-0.15, -0.1) is 0 Å². The van der Waals surface area contributed by atoms with Crippen molar-refractivity contribution in [2.24, 2.45) is 5.92 Å². The summed E-state index contributed by atoms with van der Waals surface area (Å²) in [6.07, 6.45) is 11.4. The van der Waals surface area contributed by atoms with Crippen LogP contribution in [0.2, 0.25) is 0 Å². The second-order valence-corrected chi connectivity index (χ2v) is 5.94. The molecule has 1 saturated carbocycles. The van der Waals surface area contributed by atoms with Gasteiger partial charge < -0.3 is 9.47 Å². The summed E-state index contributed by atoms with van der Waals surface area (Å²) in [5, 5.41) is 0. The van der Waals surface area contributed by atoms with E-state index in [2.05, 4.69) is 12.2 Å². The van der Waals surface area contributed by atoms with E-state index in [9.17, 15) is 0 Å². The molecule has 0 bridgehead atoms. The third kappa shape index (κ3) is 2.34. The normalized spacial score (nSPS) is 35.4. The largest absolute Gasteiger partial charge is 0.348 e. The molecule has 2 atom stereocenters. The molecular weight excluding hydrogens is 212 g/mol. The highest BCUT2D eigenvalue weighted by Gasteiger charge is 2.35. The third-order valence-electron chi connectivity index (χ3n) is 4.15. The van der Waals surface area contributed by atoms with Crippen LogP contribution in [0.25, 0.3) is 0 Å². The fourth-order valence-electron chi connectivity index (χ4n) is 3.33. The maximum Gasteiger partial charge on any atom is 0.163 e. The van der Waals surface area contributed by atoms with Crippen LogP contribution in [0.15, 0.2) is 23.3 Å². The second kappa shape index (κ2) is 4.25. The second-order valence-electron chi connectivity index (χ2n) is 5.94. The van der Waals surface area contributed by atoms with Gasteiger partial charge in [0.25, 0.3) is 0 Å². The molecule has 1 aliphatic heterocycles. The van der Waals surface area contributed by atoms with Crippen LogP contribution >= 0.6 is 0 Å². The summed E-state index contributed by atoms with van der Waals surface area (Å²) < 4.78 is 11.5. The molecule has 2 fully saturated rings. The van der Waals surface area contributed by atoms with Crippen LogP contribution in [0.4, 0.5) is 0 Å². The van der Waals surface area contributed by atoms with Crippen molar-refractivity contribution in [1.29, 1.82) is 0 Å². The Morgan fingerprint density at radius 3 is 2.94 bits per heavy atom. The molecule has 94 valence electrons. The van der Waals surface area contributed by atoms with Crippen LogP contribution in [-0.2, 0) is 9.47 Å². The fraction of sp³-hybridized carbons (Fsp3) is 0.733. The first-order chi connectivity index (χ1) is 8.14. The summed E-state index contributed by atoms with van der Waals surface area (Å²) in [6, 6.07) is 0. The van der Waals surface area contributed by atoms with Gasteiger partial charge in [0, 0.05) is 5.92 Å². The third-order valence-corrected chi connectivity index (χ3v) is 4.15. The lowest BCUT2D eigenvalue weighted by Gasteiger charge is -2.25. The summed E-state index contributed by atoms with van der Waals surface area (Å²) in [4.78, 5) is 0. The lowest BCUT2D eigenvalue weighted by atomic mass is 9.81. The van der Waals surface area contributed by atoms with Crippen LogP contribution < -0.4 is 0 Å². The first kappa shape index (κ1) is 11.5. The van der Waals surface area contributed by atoms with Crippen molar-refractivity contribution < 1.29 is 9.47 Å². The zero-order valence-corrected chi connectivity index (χ0v) is 10.9. The lowest BCUT2D eigenvalue weighted by molar-refractivity contribution is -0.138. The summed E-state index contributed by atoms with van der Waals surface area (Å²) in [7, 11) is 0. The molecule has 0 spiro atoms. The Kier molecular flexibility index (Phi) is 2.87. The van der Waals surface area contributed by atoms with Crippen molar-refractivity contribution in [3.8, 4) is 0 Å². The van der Waals surface area contributed by atoms with Crippen molar-refractivity contribution in [1.82, 2.24) is 0 Å². The number of rotatable bonds is 2. The Morgan fingerprint density at radius 2 is 2.18 bits per heavy atom. The van der Waals surface area contributed by atoms with Gasteiger partial charge in [-0.1, -0.05) is 29.7 Å². The van der Waals surface area contributed by atoms with Crippen LogP contribution in [0, 0.1) is 5.92 Å². The fourth-order valence-corrected chi connectivity index (χ4v) is 3.33. The van der Waals surface area contributed by atoms with Gasteiger partial charge >= 0.3 is 0 Å². The number of hydrogen-bond acceptors (Lipinski definition) is 2. The molecule has 2 heteroatoms. The van der Waals surface area contributed by atoms with Crippen LogP contribution in [0.1, 0.15) is 46.0 Å². The minimum atomic E-state index is -0.382. The quantitative estimate of drug-likeness (QED) is 0.727. The smallest absolute Gasteiger partial charge is 0.163 e. The molecule has 0 aromatic rings. The van der Waals surface area contributed by atoms with Gasteiger partial charge in [-0.3, -0.25) is 0 Å². The highest BCUT2D eigenvalue weighted by Crippen LogP contribution is 2.41. The zero-order chi connectivity index (χ0) is 11.9. The van der Waals surface area contributed by atoms with E-state index in [4.69, 9.17) is 9.47 Å². The first-order valence-electron chi connectivity index (χ1n) is 6.85. The SMILES string of the molecule is CC1(C)OC[C@H](CC2=CC=C3CCCCC32)O1. The van der Waals surface area contributed by atoms with Crippen molar-refractivity contribution in [3.05, 3.63) is 23.3 Å². The van der Waals surface area contributed by atoms with Gasteiger partial charge in [0.2, 0.25) is 0 Å². The van der Waals surface area contributed by atoms with E-state index in [1.54, 1.807) is 11.1 Å². The van der Waals surface area contributed by atoms with Crippen molar-refractivity contribution in [2.45, 2.75) is 57.8 Å². The highest BCUT2D eigenvalue weighted by atomic mass is 16.7. The Bertz CT molecular complexity index is 365. The van der Waals surface area contributed by atoms with Crippen molar-refractivity contribution >= 4 is 0 Å². The number of allylic oxidation sites excluding steroid dienone is 3. The summed E-state index contributed by atoms with van der Waals surface area (Å²) in [5.74, 6) is 0.350. The monoisotopic (exact) mass is 234 g/mol. The molecule has 1 saturated heterocycles. The van der Waals surface area contributed by atoms with Gasteiger partial charge in [0.1, 0.15) is 0 Å². The molecule has 3 aliphatic rings. The van der Waals surface area contributed by atoms with E-state index in [1.165, 1.54) is 25.7 Å². The Hall–Kier alpha value is -0.600. The van der Waals surface area contributed by atoms with E-state index >= 15 is 0 Å². The van der Waals surface area contributed by atoms with E-state index < -0.39 is 0 Å². The Morgan fingerprint density at radius 1 is 1.29 bits per heavy atom. The maximum absolute atomic E-state index is 5.90. The minimum Gasteiger partial charge on any atom is -0.348 e. The van der Waals surface area contributed by atoms with Crippen molar-refractivity contribution in [3.63, 3.8) is 0 Å². The van der Waals surface area contributed by atoms with Crippen LogP contribution in [-0.4, -0.2) is 18.5 Å². The summed E-state index contributed by atoms with van der Waals surface area (Å²) in [5.41, 5.74) is 3.23. The first-order valence-corrected chi connectivity index (χ1v) is 6.85. The number of fused-ring (bicyclic) bond motifs is 1. The highest BCUT2D eigenvalue weighted by molar-refractivity contribution is 5.36. The molecule has 0 amide bonds. The van der Waals surface area contributed by atoms with E-state index in [0.29, 0.717) is 0 Å². The lowest BCUT2D eigenvalue weighted by Crippen LogP contribution is -2.22. The molecule has 1 unspecified atom stereocenters. The van der Waals surface area contributed by atoms with E-state index in [1.807, 2.05) is 13.8 Å². The Labute approximate surface area is 104 Å². The zero-order valence-electron chi connectivity index (χ0n) is 10.9. The minimum absolute atomic E-state index is 0.255. The van der Waals surface area contributed by atoms with Crippen LogP contribution in [0.3, 0.4) is 0 Å². The maximum atomic E-state index is 5.90. The Balaban J connectivity index is 1.60.